The fourth-order valence-electron chi connectivity index (χ4n) is 2.53. The summed E-state index contributed by atoms with van der Waals surface area (Å²) in [5.41, 5.74) is 7.19. The zero-order chi connectivity index (χ0) is 13.9. The van der Waals surface area contributed by atoms with Gasteiger partial charge in [0.15, 0.2) is 9.84 Å². The number of nitrogens with two attached hydrogens (primary N) is 1. The zero-order valence-corrected chi connectivity index (χ0v) is 12.0. The van der Waals surface area contributed by atoms with Crippen LogP contribution in [0.15, 0.2) is 24.3 Å². The van der Waals surface area contributed by atoms with E-state index in [9.17, 15) is 8.42 Å². The van der Waals surface area contributed by atoms with Crippen LogP contribution < -0.4 is 10.5 Å². The molecule has 4 nitrogen and oxygen atoms in total. The lowest BCUT2D eigenvalue weighted by molar-refractivity contribution is 0.340. The van der Waals surface area contributed by atoms with Crippen LogP contribution in [0.25, 0.3) is 0 Å². The standard InChI is InChI=1S/C14H21NO3S/c1-2-18-13-5-3-12(4-6-13)14(15)9-11-7-8-19(16,17)10-11/h3-6,11,14H,2,7-10,15H2,1H3. The maximum absolute atomic E-state index is 11.4. The van der Waals surface area contributed by atoms with Gasteiger partial charge in [-0.15, -0.1) is 0 Å². The lowest BCUT2D eigenvalue weighted by Crippen LogP contribution is -2.16. The molecule has 19 heavy (non-hydrogen) atoms. The second-order valence-corrected chi connectivity index (χ2v) is 7.34. The summed E-state index contributed by atoms with van der Waals surface area (Å²) in [7, 11) is -2.81. The van der Waals surface area contributed by atoms with Crippen LogP contribution in [0, 0.1) is 5.92 Å². The molecule has 0 aliphatic carbocycles. The van der Waals surface area contributed by atoms with Crippen molar-refractivity contribution < 1.29 is 13.2 Å². The number of hydrogen-bond donors (Lipinski definition) is 1. The zero-order valence-electron chi connectivity index (χ0n) is 11.2. The summed E-state index contributed by atoms with van der Waals surface area (Å²) in [5, 5.41) is 0. The van der Waals surface area contributed by atoms with Gasteiger partial charge in [-0.1, -0.05) is 12.1 Å². The summed E-state index contributed by atoms with van der Waals surface area (Å²) >= 11 is 0. The van der Waals surface area contributed by atoms with Gasteiger partial charge in [-0.05, 0) is 43.4 Å². The molecule has 0 spiro atoms. The lowest BCUT2D eigenvalue weighted by atomic mass is 9.95. The van der Waals surface area contributed by atoms with Gasteiger partial charge in [0.05, 0.1) is 18.1 Å². The molecule has 1 saturated heterocycles. The van der Waals surface area contributed by atoms with Crippen LogP contribution in [-0.4, -0.2) is 26.5 Å². The average Bonchev–Trinajstić information content (AvgIpc) is 2.70. The third kappa shape index (κ3) is 3.94. The van der Waals surface area contributed by atoms with E-state index < -0.39 is 9.84 Å². The first-order valence-electron chi connectivity index (χ1n) is 6.69. The Morgan fingerprint density at radius 1 is 1.37 bits per heavy atom. The molecule has 1 aromatic carbocycles. The van der Waals surface area contributed by atoms with Gasteiger partial charge in [0.1, 0.15) is 5.75 Å². The summed E-state index contributed by atoms with van der Waals surface area (Å²) < 4.78 is 28.2. The van der Waals surface area contributed by atoms with Crippen LogP contribution in [0.3, 0.4) is 0 Å². The van der Waals surface area contributed by atoms with E-state index in [1.807, 2.05) is 31.2 Å². The monoisotopic (exact) mass is 283 g/mol. The quantitative estimate of drug-likeness (QED) is 0.896. The molecule has 0 radical (unpaired) electrons. The first kappa shape index (κ1) is 14.3. The molecule has 2 atom stereocenters. The van der Waals surface area contributed by atoms with E-state index in [-0.39, 0.29) is 17.7 Å². The predicted molar refractivity (Wildman–Crippen MR) is 75.9 cm³/mol. The minimum Gasteiger partial charge on any atom is -0.494 e. The van der Waals surface area contributed by atoms with E-state index in [1.54, 1.807) is 0 Å². The number of benzene rings is 1. The molecule has 1 heterocycles. The maximum atomic E-state index is 11.4. The smallest absolute Gasteiger partial charge is 0.150 e. The molecule has 0 amide bonds. The van der Waals surface area contributed by atoms with Crippen molar-refractivity contribution in [3.05, 3.63) is 29.8 Å². The van der Waals surface area contributed by atoms with Gasteiger partial charge in [-0.25, -0.2) is 8.42 Å². The topological polar surface area (TPSA) is 69.4 Å². The highest BCUT2D eigenvalue weighted by atomic mass is 32.2. The van der Waals surface area contributed by atoms with Crippen LogP contribution in [0.1, 0.15) is 31.4 Å². The molecule has 2 unspecified atom stereocenters. The number of rotatable bonds is 5. The molecule has 1 aliphatic heterocycles. The Morgan fingerprint density at radius 2 is 2.05 bits per heavy atom. The second kappa shape index (κ2) is 5.92. The minimum atomic E-state index is -2.81. The van der Waals surface area contributed by atoms with Crippen LogP contribution in [0.5, 0.6) is 5.75 Å². The van der Waals surface area contributed by atoms with E-state index >= 15 is 0 Å². The molecule has 1 aliphatic rings. The average molecular weight is 283 g/mol. The Kier molecular flexibility index (Phi) is 4.47. The summed E-state index contributed by atoms with van der Waals surface area (Å²) in [6.45, 7) is 2.59. The first-order chi connectivity index (χ1) is 9.00. The van der Waals surface area contributed by atoms with Crippen molar-refractivity contribution >= 4 is 9.84 Å². The Morgan fingerprint density at radius 3 is 2.58 bits per heavy atom. The number of hydrogen-bond acceptors (Lipinski definition) is 4. The molecule has 0 saturated carbocycles. The molecular weight excluding hydrogens is 262 g/mol. The van der Waals surface area contributed by atoms with Crippen LogP contribution in [0.2, 0.25) is 0 Å². The van der Waals surface area contributed by atoms with Gasteiger partial charge in [0.25, 0.3) is 0 Å². The van der Waals surface area contributed by atoms with Gasteiger partial charge >= 0.3 is 0 Å². The Balaban J connectivity index is 1.94. The van der Waals surface area contributed by atoms with Gasteiger partial charge in [-0.2, -0.15) is 0 Å². The summed E-state index contributed by atoms with van der Waals surface area (Å²) in [4.78, 5) is 0. The first-order valence-corrected chi connectivity index (χ1v) is 8.51. The summed E-state index contributed by atoms with van der Waals surface area (Å²) in [6.07, 6.45) is 1.47. The van der Waals surface area contributed by atoms with Crippen molar-refractivity contribution in [3.63, 3.8) is 0 Å². The van der Waals surface area contributed by atoms with E-state index in [2.05, 4.69) is 0 Å². The van der Waals surface area contributed by atoms with Crippen LogP contribution in [0.4, 0.5) is 0 Å². The molecule has 5 heteroatoms. The van der Waals surface area contributed by atoms with Crippen molar-refractivity contribution in [2.75, 3.05) is 18.1 Å². The van der Waals surface area contributed by atoms with E-state index in [1.165, 1.54) is 0 Å². The molecule has 0 bridgehead atoms. The molecule has 0 aromatic heterocycles. The minimum absolute atomic E-state index is 0.103. The Hall–Kier alpha value is -1.07. The van der Waals surface area contributed by atoms with Crippen molar-refractivity contribution in [1.82, 2.24) is 0 Å². The largest absolute Gasteiger partial charge is 0.494 e. The van der Waals surface area contributed by atoms with Gasteiger partial charge in [-0.3, -0.25) is 0 Å². The molecular formula is C14H21NO3S. The van der Waals surface area contributed by atoms with Crippen molar-refractivity contribution in [3.8, 4) is 5.75 Å². The van der Waals surface area contributed by atoms with Gasteiger partial charge < -0.3 is 10.5 Å². The fourth-order valence-corrected chi connectivity index (χ4v) is 4.41. The van der Waals surface area contributed by atoms with E-state index in [4.69, 9.17) is 10.5 Å². The molecule has 1 aromatic rings. The maximum Gasteiger partial charge on any atom is 0.150 e. The fraction of sp³-hybridized carbons (Fsp3) is 0.571. The normalized spacial score (nSPS) is 23.2. The highest BCUT2D eigenvalue weighted by Gasteiger charge is 2.29. The van der Waals surface area contributed by atoms with E-state index in [0.29, 0.717) is 12.4 Å². The van der Waals surface area contributed by atoms with Crippen molar-refractivity contribution in [2.45, 2.75) is 25.8 Å². The van der Waals surface area contributed by atoms with Gasteiger partial charge in [0.2, 0.25) is 0 Å². The highest BCUT2D eigenvalue weighted by molar-refractivity contribution is 7.91. The van der Waals surface area contributed by atoms with Crippen LogP contribution >= 0.6 is 0 Å². The van der Waals surface area contributed by atoms with Gasteiger partial charge in [0, 0.05) is 6.04 Å². The third-order valence-electron chi connectivity index (χ3n) is 3.53. The predicted octanol–water partition coefficient (Wildman–Crippen LogP) is 1.91. The lowest BCUT2D eigenvalue weighted by Gasteiger charge is -2.16. The number of sulfone groups is 1. The number of ether oxygens (including phenoxy) is 1. The third-order valence-corrected chi connectivity index (χ3v) is 5.37. The summed E-state index contributed by atoms with van der Waals surface area (Å²) in [6, 6.07) is 7.63. The molecule has 1 fully saturated rings. The van der Waals surface area contributed by atoms with Crippen molar-refractivity contribution in [1.29, 1.82) is 0 Å². The highest BCUT2D eigenvalue weighted by Crippen LogP contribution is 2.28. The Bertz CT molecular complexity index is 510. The molecule has 2 N–H and O–H groups in total. The van der Waals surface area contributed by atoms with E-state index in [0.717, 1.165) is 24.2 Å². The second-order valence-electron chi connectivity index (χ2n) is 5.11. The molecule has 106 valence electrons. The molecule has 2 rings (SSSR count). The van der Waals surface area contributed by atoms with Crippen LogP contribution in [-0.2, 0) is 9.84 Å². The summed E-state index contributed by atoms with van der Waals surface area (Å²) in [5.74, 6) is 1.64. The SMILES string of the molecule is CCOc1ccc(C(N)CC2CCS(=O)(=O)C2)cc1. The van der Waals surface area contributed by atoms with Crippen molar-refractivity contribution in [2.24, 2.45) is 11.7 Å². The Labute approximate surface area is 114 Å².